The van der Waals surface area contributed by atoms with Crippen molar-refractivity contribution in [3.05, 3.63) is 41.7 Å². The van der Waals surface area contributed by atoms with Gasteiger partial charge in [-0.05, 0) is 30.4 Å². The Balaban J connectivity index is 1.77. The highest BCUT2D eigenvalue weighted by Crippen LogP contribution is 2.33. The molecule has 1 aliphatic rings. The number of nitrogens with one attached hydrogen (secondary N) is 1. The molecule has 1 amide bonds. The zero-order valence-corrected chi connectivity index (χ0v) is 15.1. The number of carbonyl (C=O) groups is 1. The van der Waals surface area contributed by atoms with Crippen LogP contribution >= 0.6 is 11.8 Å². The number of nitrogens with zero attached hydrogens (tertiary/aromatic N) is 2. The molecule has 6 nitrogen and oxygen atoms in total. The highest BCUT2D eigenvalue weighted by Gasteiger charge is 2.19. The molecule has 0 aliphatic carbocycles. The van der Waals surface area contributed by atoms with Crippen LogP contribution in [0.4, 0.5) is 0 Å². The molecule has 0 fully saturated rings. The first-order chi connectivity index (χ1) is 12.2. The van der Waals surface area contributed by atoms with Crippen molar-refractivity contribution in [1.29, 1.82) is 0 Å². The molecule has 1 aliphatic heterocycles. The molecule has 25 heavy (non-hydrogen) atoms. The Morgan fingerprint density at radius 3 is 2.64 bits per heavy atom. The van der Waals surface area contributed by atoms with Gasteiger partial charge >= 0.3 is 0 Å². The second-order valence-electron chi connectivity index (χ2n) is 5.68. The van der Waals surface area contributed by atoms with Crippen molar-refractivity contribution in [2.24, 2.45) is 0 Å². The third-order valence-corrected chi connectivity index (χ3v) is 4.50. The molecule has 0 bridgehead atoms. The molecule has 1 aromatic heterocycles. The number of carbonyl (C=O) groups excluding carboxylic acids is 1. The molecule has 0 radical (unpaired) electrons. The van der Waals surface area contributed by atoms with Crippen LogP contribution in [0.25, 0.3) is 0 Å². The normalized spacial score (nSPS) is 14.0. The monoisotopic (exact) mass is 359 g/mol. The van der Waals surface area contributed by atoms with E-state index in [1.54, 1.807) is 12.4 Å². The van der Waals surface area contributed by atoms with Gasteiger partial charge in [-0.2, -0.15) is 0 Å². The van der Waals surface area contributed by atoms with E-state index in [1.165, 1.54) is 11.8 Å². The van der Waals surface area contributed by atoms with Gasteiger partial charge in [0.25, 0.3) is 5.91 Å². The fraction of sp³-hybridized carbons (Fsp3) is 0.389. The fourth-order valence-corrected chi connectivity index (χ4v) is 2.98. The van der Waals surface area contributed by atoms with Crippen LogP contribution in [0, 0.1) is 0 Å². The highest BCUT2D eigenvalue weighted by molar-refractivity contribution is 7.98. The minimum absolute atomic E-state index is 0.103. The standard InChI is InChI=1S/C18H21N3O3S/c1-3-4-14(12-5-6-15-16(9-12)24-8-7-23-15)21-17(22)13-10-19-18(25-2)20-11-13/h5-6,9-11,14H,3-4,7-8H2,1-2H3,(H,21,22). The van der Waals surface area contributed by atoms with Crippen LogP contribution in [-0.2, 0) is 0 Å². The summed E-state index contributed by atoms with van der Waals surface area (Å²) in [7, 11) is 0. The van der Waals surface area contributed by atoms with Crippen molar-refractivity contribution in [2.75, 3.05) is 19.5 Å². The van der Waals surface area contributed by atoms with Gasteiger partial charge in [0, 0.05) is 12.4 Å². The van der Waals surface area contributed by atoms with Gasteiger partial charge in [0.2, 0.25) is 0 Å². The Morgan fingerprint density at radius 1 is 1.24 bits per heavy atom. The summed E-state index contributed by atoms with van der Waals surface area (Å²) in [5, 5.41) is 3.72. The number of thioether (sulfide) groups is 1. The van der Waals surface area contributed by atoms with Crippen LogP contribution < -0.4 is 14.8 Å². The Bertz CT molecular complexity index is 737. The van der Waals surface area contributed by atoms with E-state index in [9.17, 15) is 4.79 Å². The number of hydrogen-bond donors (Lipinski definition) is 1. The molecule has 1 atom stereocenters. The van der Waals surface area contributed by atoms with E-state index < -0.39 is 0 Å². The second-order valence-corrected chi connectivity index (χ2v) is 6.45. The van der Waals surface area contributed by atoms with Crippen LogP contribution in [0.5, 0.6) is 11.5 Å². The van der Waals surface area contributed by atoms with Crippen molar-refractivity contribution < 1.29 is 14.3 Å². The number of amides is 1. The predicted octanol–water partition coefficient (Wildman–Crippen LogP) is 3.24. The molecule has 2 heterocycles. The summed E-state index contributed by atoms with van der Waals surface area (Å²) < 4.78 is 11.2. The lowest BCUT2D eigenvalue weighted by molar-refractivity contribution is 0.0933. The molecule has 0 spiro atoms. The Morgan fingerprint density at radius 2 is 1.96 bits per heavy atom. The summed E-state index contributed by atoms with van der Waals surface area (Å²) in [4.78, 5) is 20.9. The zero-order valence-electron chi connectivity index (χ0n) is 14.3. The van der Waals surface area contributed by atoms with E-state index in [4.69, 9.17) is 9.47 Å². The van der Waals surface area contributed by atoms with Gasteiger partial charge in [-0.3, -0.25) is 4.79 Å². The molecular formula is C18H21N3O3S. The molecule has 132 valence electrons. The first-order valence-electron chi connectivity index (χ1n) is 8.27. The number of fused-ring (bicyclic) bond motifs is 1. The van der Waals surface area contributed by atoms with E-state index >= 15 is 0 Å². The van der Waals surface area contributed by atoms with Gasteiger partial charge in [0.15, 0.2) is 16.7 Å². The number of benzene rings is 1. The van der Waals surface area contributed by atoms with E-state index in [0.717, 1.165) is 29.9 Å². The largest absolute Gasteiger partial charge is 0.486 e. The third-order valence-electron chi connectivity index (χ3n) is 3.92. The maximum Gasteiger partial charge on any atom is 0.254 e. The maximum atomic E-state index is 12.5. The number of ether oxygens (including phenoxy) is 2. The topological polar surface area (TPSA) is 73.3 Å². The van der Waals surface area contributed by atoms with Crippen LogP contribution in [0.2, 0.25) is 0 Å². The number of rotatable bonds is 6. The van der Waals surface area contributed by atoms with Crippen molar-refractivity contribution in [2.45, 2.75) is 31.0 Å². The van der Waals surface area contributed by atoms with Gasteiger partial charge in [0.1, 0.15) is 13.2 Å². The first kappa shape index (κ1) is 17.5. The molecule has 7 heteroatoms. The van der Waals surface area contributed by atoms with Gasteiger partial charge in [-0.1, -0.05) is 31.2 Å². The molecule has 1 aromatic carbocycles. The molecule has 2 aromatic rings. The fourth-order valence-electron chi connectivity index (χ4n) is 2.67. The summed E-state index contributed by atoms with van der Waals surface area (Å²) in [6, 6.07) is 5.72. The second kappa shape index (κ2) is 8.20. The molecule has 0 saturated heterocycles. The minimum Gasteiger partial charge on any atom is -0.486 e. The average molecular weight is 359 g/mol. The summed E-state index contributed by atoms with van der Waals surface area (Å²) in [5.41, 5.74) is 1.46. The van der Waals surface area contributed by atoms with Crippen LogP contribution in [0.15, 0.2) is 35.7 Å². The van der Waals surface area contributed by atoms with Gasteiger partial charge < -0.3 is 14.8 Å². The number of hydrogen-bond acceptors (Lipinski definition) is 6. The van der Waals surface area contributed by atoms with Crippen molar-refractivity contribution in [3.63, 3.8) is 0 Å². The van der Waals surface area contributed by atoms with E-state index in [-0.39, 0.29) is 11.9 Å². The SMILES string of the molecule is CCCC(NC(=O)c1cnc(SC)nc1)c1ccc2c(c1)OCCO2. The van der Waals surface area contributed by atoms with Gasteiger partial charge in [-0.15, -0.1) is 0 Å². The third kappa shape index (κ3) is 4.22. The zero-order chi connectivity index (χ0) is 17.6. The quantitative estimate of drug-likeness (QED) is 0.630. The van der Waals surface area contributed by atoms with E-state index in [2.05, 4.69) is 22.2 Å². The molecular weight excluding hydrogens is 338 g/mol. The maximum absolute atomic E-state index is 12.5. The Hall–Kier alpha value is -2.28. The smallest absolute Gasteiger partial charge is 0.254 e. The highest BCUT2D eigenvalue weighted by atomic mass is 32.2. The Labute approximate surface area is 151 Å². The molecule has 0 saturated carbocycles. The van der Waals surface area contributed by atoms with Crippen molar-refractivity contribution in [1.82, 2.24) is 15.3 Å². The van der Waals surface area contributed by atoms with E-state index in [0.29, 0.717) is 23.9 Å². The van der Waals surface area contributed by atoms with Gasteiger partial charge in [-0.25, -0.2) is 9.97 Å². The molecule has 1 N–H and O–H groups in total. The van der Waals surface area contributed by atoms with Crippen LogP contribution in [0.3, 0.4) is 0 Å². The number of aromatic nitrogens is 2. The lowest BCUT2D eigenvalue weighted by atomic mass is 10.0. The lowest BCUT2D eigenvalue weighted by Crippen LogP contribution is -2.29. The molecule has 1 unspecified atom stereocenters. The lowest BCUT2D eigenvalue weighted by Gasteiger charge is -2.23. The Kier molecular flexibility index (Phi) is 5.75. The van der Waals surface area contributed by atoms with Crippen molar-refractivity contribution in [3.8, 4) is 11.5 Å². The summed E-state index contributed by atoms with van der Waals surface area (Å²) in [6.07, 6.45) is 6.78. The van der Waals surface area contributed by atoms with Crippen LogP contribution in [0.1, 0.15) is 41.7 Å². The molecule has 3 rings (SSSR count). The summed E-state index contributed by atoms with van der Waals surface area (Å²) >= 11 is 1.44. The van der Waals surface area contributed by atoms with Gasteiger partial charge in [0.05, 0.1) is 11.6 Å². The summed E-state index contributed by atoms with van der Waals surface area (Å²) in [5.74, 6) is 1.30. The summed E-state index contributed by atoms with van der Waals surface area (Å²) in [6.45, 7) is 3.20. The van der Waals surface area contributed by atoms with Crippen molar-refractivity contribution >= 4 is 17.7 Å². The average Bonchev–Trinajstić information content (AvgIpc) is 2.67. The van der Waals surface area contributed by atoms with Crippen LogP contribution in [-0.4, -0.2) is 35.3 Å². The predicted molar refractivity (Wildman–Crippen MR) is 96.4 cm³/mol. The first-order valence-corrected chi connectivity index (χ1v) is 9.50. The minimum atomic E-state index is -0.180. The van der Waals surface area contributed by atoms with E-state index in [1.807, 2.05) is 24.5 Å².